The molecule has 2 aromatic carbocycles. The van der Waals surface area contributed by atoms with Crippen LogP contribution in [0.15, 0.2) is 67.3 Å². The van der Waals surface area contributed by atoms with Crippen molar-refractivity contribution in [1.82, 2.24) is 20.1 Å². The highest BCUT2D eigenvalue weighted by atomic mass is 16.5. The van der Waals surface area contributed by atoms with Gasteiger partial charge in [-0.25, -0.2) is 9.67 Å². The Morgan fingerprint density at radius 3 is 2.77 bits per heavy atom. The first kappa shape index (κ1) is 16.3. The molecular weight excluding hydrogens is 328 g/mol. The van der Waals surface area contributed by atoms with Gasteiger partial charge >= 0.3 is 0 Å². The van der Waals surface area contributed by atoms with Crippen LogP contribution in [0.2, 0.25) is 0 Å². The molecule has 0 spiro atoms. The van der Waals surface area contributed by atoms with E-state index in [0.29, 0.717) is 11.7 Å². The lowest BCUT2D eigenvalue weighted by Gasteiger charge is -2.19. The van der Waals surface area contributed by atoms with Crippen LogP contribution in [0, 0.1) is 5.92 Å². The summed E-state index contributed by atoms with van der Waals surface area (Å²) in [6.07, 6.45) is 5.40. The van der Waals surface area contributed by atoms with Crippen molar-refractivity contribution in [3.63, 3.8) is 0 Å². The van der Waals surface area contributed by atoms with E-state index in [4.69, 9.17) is 4.74 Å². The van der Waals surface area contributed by atoms with E-state index in [1.807, 2.05) is 42.5 Å². The maximum Gasteiger partial charge on any atom is 0.258 e. The van der Waals surface area contributed by atoms with Crippen LogP contribution in [-0.2, 0) is 4.79 Å². The monoisotopic (exact) mass is 348 g/mol. The van der Waals surface area contributed by atoms with Crippen LogP contribution in [-0.4, -0.2) is 27.3 Å². The van der Waals surface area contributed by atoms with Gasteiger partial charge < -0.3 is 10.1 Å². The second-order valence-electron chi connectivity index (χ2n) is 6.42. The van der Waals surface area contributed by atoms with Crippen LogP contribution < -0.4 is 10.1 Å². The zero-order chi connectivity index (χ0) is 17.8. The van der Waals surface area contributed by atoms with Gasteiger partial charge in [-0.3, -0.25) is 4.79 Å². The number of carbonyl (C=O) groups is 1. The Morgan fingerprint density at radius 1 is 1.19 bits per heavy atom. The van der Waals surface area contributed by atoms with Crippen LogP contribution in [0.3, 0.4) is 0 Å². The molecule has 1 aliphatic rings. The number of carbonyl (C=O) groups excluding carboxylic acids is 1. The van der Waals surface area contributed by atoms with Gasteiger partial charge in [0.2, 0.25) is 0 Å². The third kappa shape index (κ3) is 3.91. The molecule has 6 nitrogen and oxygen atoms in total. The van der Waals surface area contributed by atoms with Crippen LogP contribution in [0.5, 0.6) is 5.75 Å². The number of amides is 1. The summed E-state index contributed by atoms with van der Waals surface area (Å²) in [4.78, 5) is 16.3. The van der Waals surface area contributed by atoms with E-state index in [-0.39, 0.29) is 18.6 Å². The first-order chi connectivity index (χ1) is 12.8. The maximum absolute atomic E-state index is 12.4. The molecule has 1 aliphatic carbocycles. The molecule has 1 amide bonds. The normalized spacial score (nSPS) is 14.6. The number of hydrogen-bond acceptors (Lipinski definition) is 4. The van der Waals surface area contributed by atoms with E-state index in [9.17, 15) is 4.79 Å². The zero-order valence-corrected chi connectivity index (χ0v) is 14.3. The van der Waals surface area contributed by atoms with Gasteiger partial charge in [0.1, 0.15) is 18.4 Å². The third-order valence-corrected chi connectivity index (χ3v) is 4.44. The largest absolute Gasteiger partial charge is 0.484 e. The number of ether oxygens (including phenoxy) is 1. The molecule has 0 radical (unpaired) electrons. The highest BCUT2D eigenvalue weighted by Gasteiger charge is 2.33. The Bertz CT molecular complexity index is 861. The smallest absolute Gasteiger partial charge is 0.258 e. The number of rotatable bonds is 7. The van der Waals surface area contributed by atoms with Crippen LogP contribution in [0.1, 0.15) is 24.4 Å². The number of aromatic nitrogens is 3. The summed E-state index contributed by atoms with van der Waals surface area (Å²) in [5.41, 5.74) is 1.98. The number of nitrogens with zero attached hydrogens (tertiary/aromatic N) is 3. The fourth-order valence-corrected chi connectivity index (χ4v) is 2.98. The molecule has 3 aromatic rings. The second-order valence-corrected chi connectivity index (χ2v) is 6.42. The molecule has 132 valence electrons. The Hall–Kier alpha value is -3.15. The minimum atomic E-state index is -0.114. The van der Waals surface area contributed by atoms with Crippen LogP contribution >= 0.6 is 0 Å². The predicted molar refractivity (Wildman–Crippen MR) is 96.9 cm³/mol. The molecule has 0 unspecified atom stereocenters. The number of nitrogens with one attached hydrogen (secondary N) is 1. The number of hydrogen-bond donors (Lipinski definition) is 1. The molecule has 0 saturated heterocycles. The van der Waals surface area contributed by atoms with Gasteiger partial charge in [0.05, 0.1) is 11.7 Å². The fraction of sp³-hybridized carbons (Fsp3) is 0.250. The van der Waals surface area contributed by atoms with Crippen molar-refractivity contribution in [3.05, 3.63) is 72.8 Å². The Morgan fingerprint density at radius 2 is 2.04 bits per heavy atom. The van der Waals surface area contributed by atoms with Gasteiger partial charge in [0.15, 0.2) is 6.61 Å². The molecule has 0 aliphatic heterocycles. The minimum absolute atomic E-state index is 0.0170. The van der Waals surface area contributed by atoms with E-state index >= 15 is 0 Å². The molecule has 26 heavy (non-hydrogen) atoms. The van der Waals surface area contributed by atoms with Gasteiger partial charge in [0.25, 0.3) is 5.91 Å². The van der Waals surface area contributed by atoms with Crippen molar-refractivity contribution in [2.24, 2.45) is 5.92 Å². The third-order valence-electron chi connectivity index (χ3n) is 4.44. The standard InChI is InChI=1S/C20H20N4O2/c25-19(23-20(16-9-10-16)15-5-2-1-3-6-15)12-26-18-8-4-7-17(11-18)24-14-21-13-22-24/h1-8,11,13-14,16,20H,9-10,12H2,(H,23,25)/t20-/m0/s1. The quantitative estimate of drug-likeness (QED) is 0.713. The lowest BCUT2D eigenvalue weighted by molar-refractivity contribution is -0.124. The highest BCUT2D eigenvalue weighted by molar-refractivity contribution is 5.78. The van der Waals surface area contributed by atoms with Crippen molar-refractivity contribution < 1.29 is 9.53 Å². The first-order valence-electron chi connectivity index (χ1n) is 8.72. The fourth-order valence-electron chi connectivity index (χ4n) is 2.98. The summed E-state index contributed by atoms with van der Waals surface area (Å²) in [7, 11) is 0. The van der Waals surface area contributed by atoms with Gasteiger partial charge in [0, 0.05) is 6.07 Å². The topological polar surface area (TPSA) is 69.0 Å². The molecule has 1 N–H and O–H groups in total. The Kier molecular flexibility index (Phi) is 4.64. The van der Waals surface area contributed by atoms with Crippen LogP contribution in [0.25, 0.3) is 5.69 Å². The molecule has 6 heteroatoms. The predicted octanol–water partition coefficient (Wildman–Crippen LogP) is 2.91. The molecule has 1 saturated carbocycles. The molecule has 4 rings (SSSR count). The van der Waals surface area contributed by atoms with Crippen molar-refractivity contribution in [3.8, 4) is 11.4 Å². The zero-order valence-electron chi connectivity index (χ0n) is 14.3. The van der Waals surface area contributed by atoms with Crippen molar-refractivity contribution in [2.75, 3.05) is 6.61 Å². The van der Waals surface area contributed by atoms with Gasteiger partial charge in [-0.05, 0) is 36.5 Å². The van der Waals surface area contributed by atoms with E-state index in [1.165, 1.54) is 6.33 Å². The average Bonchev–Trinajstić information content (AvgIpc) is 3.38. The van der Waals surface area contributed by atoms with Gasteiger partial charge in [-0.15, -0.1) is 0 Å². The number of benzene rings is 2. The van der Waals surface area contributed by atoms with E-state index in [2.05, 4.69) is 27.5 Å². The van der Waals surface area contributed by atoms with Gasteiger partial charge in [-0.2, -0.15) is 5.10 Å². The highest BCUT2D eigenvalue weighted by Crippen LogP contribution is 2.40. The molecule has 0 bridgehead atoms. The van der Waals surface area contributed by atoms with Crippen molar-refractivity contribution >= 4 is 5.91 Å². The second kappa shape index (κ2) is 7.39. The van der Waals surface area contributed by atoms with E-state index < -0.39 is 0 Å². The Labute approximate surface area is 151 Å². The van der Waals surface area contributed by atoms with Crippen molar-refractivity contribution in [2.45, 2.75) is 18.9 Å². The first-order valence-corrected chi connectivity index (χ1v) is 8.72. The SMILES string of the molecule is O=C(COc1cccc(-n2cncn2)c1)N[C@@H](c1ccccc1)C1CC1. The summed E-state index contributed by atoms with van der Waals surface area (Å²) in [6, 6.07) is 17.6. The summed E-state index contributed by atoms with van der Waals surface area (Å²) in [5, 5.41) is 7.21. The summed E-state index contributed by atoms with van der Waals surface area (Å²) in [5.74, 6) is 1.03. The summed E-state index contributed by atoms with van der Waals surface area (Å²) in [6.45, 7) is -0.0170. The Balaban J connectivity index is 1.37. The lowest BCUT2D eigenvalue weighted by atomic mass is 10.0. The van der Waals surface area contributed by atoms with Crippen molar-refractivity contribution in [1.29, 1.82) is 0 Å². The average molecular weight is 348 g/mol. The minimum Gasteiger partial charge on any atom is -0.484 e. The molecular formula is C20H20N4O2. The molecule has 1 atom stereocenters. The maximum atomic E-state index is 12.4. The van der Waals surface area contributed by atoms with E-state index in [0.717, 1.165) is 24.1 Å². The van der Waals surface area contributed by atoms with E-state index in [1.54, 1.807) is 11.0 Å². The summed E-state index contributed by atoms with van der Waals surface area (Å²) < 4.78 is 7.31. The molecule has 1 fully saturated rings. The van der Waals surface area contributed by atoms with Gasteiger partial charge in [-0.1, -0.05) is 36.4 Å². The lowest BCUT2D eigenvalue weighted by Crippen LogP contribution is -2.33. The molecule has 1 heterocycles. The van der Waals surface area contributed by atoms with Crippen LogP contribution in [0.4, 0.5) is 0 Å². The molecule has 1 aromatic heterocycles. The summed E-state index contributed by atoms with van der Waals surface area (Å²) >= 11 is 0.